The topological polar surface area (TPSA) is 54.2 Å². The van der Waals surface area contributed by atoms with Crippen LogP contribution in [-0.4, -0.2) is 23.6 Å². The molecule has 0 N–H and O–H groups in total. The van der Waals surface area contributed by atoms with Crippen LogP contribution in [0.2, 0.25) is 0 Å². The number of furan rings is 2. The van der Waals surface area contributed by atoms with E-state index in [1.807, 2.05) is 24.3 Å². The Labute approximate surface area is 304 Å². The fourth-order valence-electron chi connectivity index (χ4n) is 8.16. The van der Waals surface area contributed by atoms with E-state index in [2.05, 4.69) is 151 Å². The molecule has 0 saturated carbocycles. The van der Waals surface area contributed by atoms with Crippen LogP contribution in [0, 0.1) is 0 Å². The second-order valence-corrected chi connectivity index (χ2v) is 13.8. The van der Waals surface area contributed by atoms with Gasteiger partial charge >= 0.3 is 0 Å². The van der Waals surface area contributed by atoms with Gasteiger partial charge in [0.05, 0.1) is 0 Å². The highest BCUT2D eigenvalue weighted by molar-refractivity contribution is 6.22. The number of rotatable bonds is 4. The van der Waals surface area contributed by atoms with Gasteiger partial charge in [-0.25, -0.2) is 9.98 Å². The van der Waals surface area contributed by atoms with E-state index in [0.29, 0.717) is 5.84 Å². The van der Waals surface area contributed by atoms with E-state index in [1.165, 1.54) is 16.2 Å². The highest BCUT2D eigenvalue weighted by Gasteiger charge is 2.31. The summed E-state index contributed by atoms with van der Waals surface area (Å²) in [5.74, 6) is 1.51. The summed E-state index contributed by atoms with van der Waals surface area (Å²) in [6.07, 6.45) is -0.397. The average Bonchev–Trinajstić information content (AvgIpc) is 3.80. The lowest BCUT2D eigenvalue weighted by atomic mass is 9.97. The average molecular weight is 682 g/mol. The number of nitrogens with zero attached hydrogens (tertiary/aromatic N) is 3. The van der Waals surface area contributed by atoms with Crippen molar-refractivity contribution in [2.45, 2.75) is 6.17 Å². The molecule has 5 nitrogen and oxygen atoms in total. The summed E-state index contributed by atoms with van der Waals surface area (Å²) in [6, 6.07) is 57.2. The molecule has 5 heteroatoms. The van der Waals surface area contributed by atoms with Crippen molar-refractivity contribution < 1.29 is 8.83 Å². The number of amidine groups is 2. The van der Waals surface area contributed by atoms with Crippen molar-refractivity contribution in [2.24, 2.45) is 9.98 Å². The van der Waals surface area contributed by atoms with E-state index in [-0.39, 0.29) is 0 Å². The molecule has 0 fully saturated rings. The summed E-state index contributed by atoms with van der Waals surface area (Å²) in [6.45, 7) is 0. The standard InChI is InChI=1S/C48H31N3O2/c1-51-47(38-18-9-21-41-43(38)36-15-6-7-20-40(36)52-41)49-46(34-26-24-30-12-3-5-14-32(30)28-34)50-48(51)39-19-10-22-42-44(39)37-17-8-16-35(45(37)53-42)33-25-23-29-11-2-4-13-31(29)27-33/h2-28,48H,1H3. The molecule has 0 spiro atoms. The molecule has 10 aromatic rings. The van der Waals surface area contributed by atoms with Gasteiger partial charge in [0.1, 0.15) is 28.2 Å². The third kappa shape index (κ3) is 4.64. The van der Waals surface area contributed by atoms with Gasteiger partial charge in [-0.2, -0.15) is 0 Å². The Morgan fingerprint density at radius 1 is 0.491 bits per heavy atom. The minimum absolute atomic E-state index is 0.397. The number of hydrogen-bond donors (Lipinski definition) is 0. The van der Waals surface area contributed by atoms with Crippen LogP contribution >= 0.6 is 0 Å². The largest absolute Gasteiger partial charge is 0.456 e. The molecule has 11 rings (SSSR count). The quantitative estimate of drug-likeness (QED) is 0.186. The van der Waals surface area contributed by atoms with Crippen LogP contribution in [0.3, 0.4) is 0 Å². The predicted octanol–water partition coefficient (Wildman–Crippen LogP) is 12.3. The van der Waals surface area contributed by atoms with E-state index >= 15 is 0 Å². The molecule has 2 aromatic heterocycles. The highest BCUT2D eigenvalue weighted by atomic mass is 16.3. The minimum atomic E-state index is -0.397. The number of hydrogen-bond acceptors (Lipinski definition) is 5. The Bertz CT molecular complexity index is 3160. The predicted molar refractivity (Wildman–Crippen MR) is 218 cm³/mol. The zero-order valence-electron chi connectivity index (χ0n) is 28.8. The monoisotopic (exact) mass is 681 g/mol. The lowest BCUT2D eigenvalue weighted by Crippen LogP contribution is -2.35. The minimum Gasteiger partial charge on any atom is -0.456 e. The van der Waals surface area contributed by atoms with E-state index in [9.17, 15) is 0 Å². The van der Waals surface area contributed by atoms with Crippen molar-refractivity contribution >= 4 is 77.1 Å². The Morgan fingerprint density at radius 3 is 1.91 bits per heavy atom. The molecular formula is C48H31N3O2. The first-order chi connectivity index (χ1) is 26.2. The molecule has 0 amide bonds. The van der Waals surface area contributed by atoms with E-state index < -0.39 is 6.17 Å². The van der Waals surface area contributed by atoms with Crippen LogP contribution < -0.4 is 0 Å². The maximum absolute atomic E-state index is 6.77. The summed E-state index contributed by atoms with van der Waals surface area (Å²) >= 11 is 0. The van der Waals surface area contributed by atoms with Crippen molar-refractivity contribution in [1.82, 2.24) is 4.90 Å². The van der Waals surface area contributed by atoms with Crippen molar-refractivity contribution in [1.29, 1.82) is 0 Å². The first-order valence-electron chi connectivity index (χ1n) is 17.9. The number of para-hydroxylation sites is 2. The molecule has 1 unspecified atom stereocenters. The van der Waals surface area contributed by atoms with Gasteiger partial charge in [-0.1, -0.05) is 133 Å². The lowest BCUT2D eigenvalue weighted by Gasteiger charge is -2.33. The summed E-state index contributed by atoms with van der Waals surface area (Å²) < 4.78 is 13.1. The Balaban J connectivity index is 1.14. The van der Waals surface area contributed by atoms with Gasteiger partial charge in [0.15, 0.2) is 12.0 Å². The highest BCUT2D eigenvalue weighted by Crippen LogP contribution is 2.42. The number of aliphatic imine (C=N–C) groups is 2. The Morgan fingerprint density at radius 2 is 1.09 bits per heavy atom. The smallest absolute Gasteiger partial charge is 0.159 e. The maximum atomic E-state index is 6.77. The number of benzene rings is 8. The van der Waals surface area contributed by atoms with Gasteiger partial charge in [0, 0.05) is 50.8 Å². The third-order valence-electron chi connectivity index (χ3n) is 10.7. The Kier molecular flexibility index (Phi) is 6.46. The summed E-state index contributed by atoms with van der Waals surface area (Å²) in [5.41, 5.74) is 8.57. The van der Waals surface area contributed by atoms with E-state index in [1.54, 1.807) is 0 Å². The molecule has 8 aromatic carbocycles. The van der Waals surface area contributed by atoms with Crippen LogP contribution in [0.15, 0.2) is 183 Å². The van der Waals surface area contributed by atoms with Crippen molar-refractivity contribution in [3.05, 3.63) is 180 Å². The first kappa shape index (κ1) is 29.7. The summed E-state index contributed by atoms with van der Waals surface area (Å²) in [4.78, 5) is 13.0. The van der Waals surface area contributed by atoms with Gasteiger partial charge in [0.25, 0.3) is 0 Å². The molecule has 0 saturated heterocycles. The molecule has 0 bridgehead atoms. The van der Waals surface area contributed by atoms with Crippen LogP contribution in [0.4, 0.5) is 0 Å². The maximum Gasteiger partial charge on any atom is 0.159 e. The van der Waals surface area contributed by atoms with Gasteiger partial charge in [0.2, 0.25) is 0 Å². The van der Waals surface area contributed by atoms with Gasteiger partial charge in [-0.3, -0.25) is 0 Å². The third-order valence-corrected chi connectivity index (χ3v) is 10.7. The molecule has 3 heterocycles. The van der Waals surface area contributed by atoms with Gasteiger partial charge in [-0.15, -0.1) is 0 Å². The molecular weight excluding hydrogens is 651 g/mol. The molecule has 1 aliphatic rings. The fraction of sp³-hybridized carbons (Fsp3) is 0.0417. The van der Waals surface area contributed by atoms with Gasteiger partial charge in [-0.05, 0) is 57.4 Å². The SMILES string of the molecule is CN1C(c2cccc3oc4ccccc4c23)=NC(c2ccc3ccccc3c2)=NC1c1cccc2oc3c(-c4ccc5ccccc5c4)cccc3c12. The first-order valence-corrected chi connectivity index (χ1v) is 17.9. The number of fused-ring (bicyclic) bond motifs is 8. The van der Waals surface area contributed by atoms with Crippen molar-refractivity contribution in [2.75, 3.05) is 7.05 Å². The molecule has 53 heavy (non-hydrogen) atoms. The summed E-state index contributed by atoms with van der Waals surface area (Å²) in [5, 5.41) is 8.95. The van der Waals surface area contributed by atoms with Crippen LogP contribution in [-0.2, 0) is 0 Å². The normalized spacial score (nSPS) is 14.9. The van der Waals surface area contributed by atoms with Crippen LogP contribution in [0.5, 0.6) is 0 Å². The lowest BCUT2D eigenvalue weighted by molar-refractivity contribution is 0.385. The van der Waals surface area contributed by atoms with Crippen molar-refractivity contribution in [3.8, 4) is 11.1 Å². The van der Waals surface area contributed by atoms with E-state index in [0.717, 1.165) is 82.9 Å². The Hall–Kier alpha value is -6.98. The molecule has 0 aliphatic carbocycles. The zero-order chi connectivity index (χ0) is 35.0. The molecule has 250 valence electrons. The van der Waals surface area contributed by atoms with Crippen molar-refractivity contribution in [3.63, 3.8) is 0 Å². The molecule has 1 aliphatic heterocycles. The molecule has 0 radical (unpaired) electrons. The van der Waals surface area contributed by atoms with E-state index in [4.69, 9.17) is 18.8 Å². The van der Waals surface area contributed by atoms with Crippen LogP contribution in [0.25, 0.3) is 76.5 Å². The van der Waals surface area contributed by atoms with Gasteiger partial charge < -0.3 is 13.7 Å². The summed E-state index contributed by atoms with van der Waals surface area (Å²) in [7, 11) is 2.09. The zero-order valence-corrected chi connectivity index (χ0v) is 28.8. The second kappa shape index (κ2) is 11.5. The second-order valence-electron chi connectivity index (χ2n) is 13.8. The fourth-order valence-corrected chi connectivity index (χ4v) is 8.16. The molecule has 1 atom stereocenters. The van der Waals surface area contributed by atoms with Crippen LogP contribution in [0.1, 0.15) is 22.9 Å².